The van der Waals surface area contributed by atoms with Gasteiger partial charge in [0.15, 0.2) is 0 Å². The molecule has 0 spiro atoms. The van der Waals surface area contributed by atoms with Crippen molar-refractivity contribution in [1.82, 2.24) is 14.9 Å². The van der Waals surface area contributed by atoms with Gasteiger partial charge in [-0.2, -0.15) is 21.9 Å². The first-order valence-electron chi connectivity index (χ1n) is 12.0. The van der Waals surface area contributed by atoms with Gasteiger partial charge in [0.05, 0.1) is 17.5 Å². The Kier molecular flexibility index (Phi) is 20.2. The molecule has 0 aliphatic carbocycles. The van der Waals surface area contributed by atoms with Gasteiger partial charge in [0, 0.05) is 56.8 Å². The summed E-state index contributed by atoms with van der Waals surface area (Å²) in [6, 6.07) is 1.81. The Balaban J connectivity index is -0.000000421. The number of aryl methyl sites for hydroxylation is 4. The number of carbonyl (C=O) groups is 2. The van der Waals surface area contributed by atoms with Crippen molar-refractivity contribution in [1.29, 1.82) is 5.26 Å². The molecule has 0 bridgehead atoms. The molecule has 0 aromatic carbocycles. The summed E-state index contributed by atoms with van der Waals surface area (Å²) in [5, 5.41) is 16.0. The van der Waals surface area contributed by atoms with E-state index in [0.717, 1.165) is 39.8 Å². The van der Waals surface area contributed by atoms with Gasteiger partial charge in [-0.05, 0) is 61.0 Å². The summed E-state index contributed by atoms with van der Waals surface area (Å²) < 4.78 is 6.75. The second-order valence-corrected chi connectivity index (χ2v) is 9.41. The third-order valence-corrected chi connectivity index (χ3v) is 6.17. The maximum absolute atomic E-state index is 11.5. The van der Waals surface area contributed by atoms with Crippen LogP contribution in [-0.2, 0) is 49.3 Å². The van der Waals surface area contributed by atoms with E-state index >= 15 is 0 Å². The fourth-order valence-electron chi connectivity index (χ4n) is 2.42. The monoisotopic (exact) mass is 587 g/mol. The van der Waals surface area contributed by atoms with Crippen molar-refractivity contribution in [3.63, 3.8) is 0 Å². The van der Waals surface area contributed by atoms with Gasteiger partial charge in [-0.3, -0.25) is 9.48 Å². The third-order valence-electron chi connectivity index (χ3n) is 6.17. The molecule has 0 saturated heterocycles. The molecule has 0 aliphatic rings. The summed E-state index contributed by atoms with van der Waals surface area (Å²) in [6.07, 6.45) is 0. The number of ketones is 2. The quantitative estimate of drug-likeness (QED) is 0.288. The maximum Gasteiger partial charge on any atom is 0.146 e. The molecular weight excluding hydrogens is 541 g/mol. The average molecular weight is 588 g/mol. The second kappa shape index (κ2) is 19.0. The van der Waals surface area contributed by atoms with Crippen LogP contribution in [0.25, 0.3) is 0 Å². The van der Waals surface area contributed by atoms with Crippen LogP contribution >= 0.6 is 0 Å². The molecule has 1 atom stereocenters. The van der Waals surface area contributed by atoms with E-state index in [2.05, 4.69) is 24.1 Å². The van der Waals surface area contributed by atoms with Gasteiger partial charge in [0.2, 0.25) is 0 Å². The first-order valence-corrected chi connectivity index (χ1v) is 12.0. The summed E-state index contributed by atoms with van der Waals surface area (Å²) in [4.78, 5) is 21.6. The second-order valence-electron chi connectivity index (χ2n) is 9.41. The summed E-state index contributed by atoms with van der Waals surface area (Å²) in [6.45, 7) is 26.7. The van der Waals surface area contributed by atoms with Crippen molar-refractivity contribution in [2.24, 2.45) is 13.0 Å². The Hall–Kier alpha value is -2.17. The molecule has 37 heavy (non-hydrogen) atoms. The van der Waals surface area contributed by atoms with Crippen molar-refractivity contribution in [3.05, 3.63) is 57.0 Å². The number of Topliss-reactive ketones (excluding diaryl/α,β-unsaturated/α-hetero) is 2. The minimum Gasteiger partial charge on any atom is -0.361 e. The van der Waals surface area contributed by atoms with E-state index in [0.29, 0.717) is 0 Å². The van der Waals surface area contributed by atoms with Crippen LogP contribution in [0.3, 0.4) is 0 Å². The van der Waals surface area contributed by atoms with Gasteiger partial charge >= 0.3 is 0 Å². The van der Waals surface area contributed by atoms with Gasteiger partial charge in [-0.1, -0.05) is 12.1 Å². The van der Waals surface area contributed by atoms with Crippen molar-refractivity contribution in [2.45, 2.75) is 96.9 Å². The van der Waals surface area contributed by atoms with Gasteiger partial charge in [-0.25, -0.2) is 11.5 Å². The molecule has 2 heterocycles. The average Bonchev–Trinajstić information content (AvgIpc) is 3.23. The zero-order valence-corrected chi connectivity index (χ0v) is 28.5. The summed E-state index contributed by atoms with van der Waals surface area (Å²) in [5.74, 6) is 2.66. The van der Waals surface area contributed by atoms with E-state index in [1.54, 1.807) is 6.92 Å². The van der Waals surface area contributed by atoms with E-state index in [4.69, 9.17) is 9.78 Å². The van der Waals surface area contributed by atoms with Crippen molar-refractivity contribution in [2.75, 3.05) is 0 Å². The van der Waals surface area contributed by atoms with Crippen LogP contribution in [0.4, 0.5) is 0 Å². The number of hydrogen-bond acceptors (Lipinski definition) is 6. The van der Waals surface area contributed by atoms with E-state index in [1.807, 2.05) is 87.0 Å². The van der Waals surface area contributed by atoms with E-state index in [1.165, 1.54) is 24.1 Å². The van der Waals surface area contributed by atoms with Gasteiger partial charge < -0.3 is 9.32 Å². The Labute approximate surface area is 250 Å². The standard InChI is InChI=1S/C11H18O.C7H12N2.C6H9NO.C5H7NO.Y/c1-7(2)9(5)10(6)11(12)8(3)4;1-5-6(2)8-9(4)7(5)3;1-4-5(2)7-8-6(4)3;1-4(3-6)5(2)7;/h1-6H3;1-4H3;1-3H3;4H,1-2H3;/q-2;;;;/t;;;4-;/m...1./s1. The predicted molar refractivity (Wildman–Crippen MR) is 146 cm³/mol. The smallest absolute Gasteiger partial charge is 0.146 e. The maximum atomic E-state index is 11.5. The molecule has 0 unspecified atom stereocenters. The number of nitrogens with zero attached hydrogens (tertiary/aromatic N) is 4. The first kappa shape index (κ1) is 39.3. The van der Waals surface area contributed by atoms with Crippen LogP contribution in [0.1, 0.15) is 89.4 Å². The van der Waals surface area contributed by atoms with Crippen molar-refractivity contribution >= 4 is 11.6 Å². The van der Waals surface area contributed by atoms with Crippen LogP contribution in [0.5, 0.6) is 0 Å². The Morgan fingerprint density at radius 1 is 0.919 bits per heavy atom. The van der Waals surface area contributed by atoms with Gasteiger partial charge in [0.25, 0.3) is 0 Å². The summed E-state index contributed by atoms with van der Waals surface area (Å²) in [7, 11) is 1.97. The molecule has 8 heteroatoms. The number of aromatic nitrogens is 3. The third kappa shape index (κ3) is 14.4. The van der Waals surface area contributed by atoms with Gasteiger partial charge in [0.1, 0.15) is 17.5 Å². The minimum absolute atomic E-state index is 0. The fraction of sp³-hybridized carbons (Fsp3) is 0.552. The number of nitriles is 1. The van der Waals surface area contributed by atoms with Crippen LogP contribution < -0.4 is 0 Å². The van der Waals surface area contributed by atoms with E-state index < -0.39 is 5.92 Å². The molecule has 0 saturated carbocycles. The van der Waals surface area contributed by atoms with E-state index in [9.17, 15) is 9.59 Å². The van der Waals surface area contributed by atoms with Crippen molar-refractivity contribution in [3.8, 4) is 6.07 Å². The molecule has 205 valence electrons. The summed E-state index contributed by atoms with van der Waals surface area (Å²) in [5.41, 5.74) is 7.82. The fourth-order valence-corrected chi connectivity index (χ4v) is 2.42. The predicted octanol–water partition coefficient (Wildman–Crippen LogP) is 6.80. The molecule has 0 N–H and O–H groups in total. The molecule has 1 radical (unpaired) electrons. The van der Waals surface area contributed by atoms with Crippen LogP contribution in [0, 0.1) is 70.6 Å². The normalized spacial score (nSPS) is 10.9. The Morgan fingerprint density at radius 2 is 1.41 bits per heavy atom. The van der Waals surface area contributed by atoms with Gasteiger partial charge in [-0.15, -0.1) is 34.6 Å². The zero-order chi connectivity index (χ0) is 28.9. The number of hydrogen-bond donors (Lipinski definition) is 0. The molecular formula is C29H46N4O3Y-2. The molecule has 7 nitrogen and oxygen atoms in total. The number of rotatable bonds is 4. The molecule has 0 amide bonds. The number of carbonyl (C=O) groups excluding carboxylic acids is 2. The van der Waals surface area contributed by atoms with Crippen LogP contribution in [-0.4, -0.2) is 26.5 Å². The van der Waals surface area contributed by atoms with Crippen LogP contribution in [0.15, 0.2) is 15.7 Å². The summed E-state index contributed by atoms with van der Waals surface area (Å²) >= 11 is 0. The SMILES string of the molecule is CC(=O)[C@H](C)C#N.CC(C(=O)[C-](C)C)=C(C)[C-](C)C.Cc1nn(C)c(C)c1C.Cc1noc(C)c1C.[Y]. The first-order chi connectivity index (χ1) is 16.4. The van der Waals surface area contributed by atoms with E-state index in [-0.39, 0.29) is 44.3 Å². The minimum atomic E-state index is -0.431. The molecule has 2 rings (SSSR count). The largest absolute Gasteiger partial charge is 0.361 e. The zero-order valence-electron chi connectivity index (χ0n) is 25.7. The van der Waals surface area contributed by atoms with Crippen LogP contribution in [0.2, 0.25) is 0 Å². The Morgan fingerprint density at radius 3 is 1.54 bits per heavy atom. The van der Waals surface area contributed by atoms with Crippen molar-refractivity contribution < 1.29 is 46.8 Å². The molecule has 0 aliphatic heterocycles. The molecule has 2 aromatic heterocycles. The molecule has 0 fully saturated rings. The number of allylic oxidation sites excluding steroid dienone is 2. The topological polar surface area (TPSA) is 102 Å². The Bertz CT molecular complexity index is 1030. The molecule has 2 aromatic rings.